The lowest BCUT2D eigenvalue weighted by Gasteiger charge is -2.24. The molecule has 0 spiro atoms. The number of hydrogen-bond acceptors (Lipinski definition) is 7. The second-order valence-corrected chi connectivity index (χ2v) is 5.72. The van der Waals surface area contributed by atoms with Gasteiger partial charge in [-0.3, -0.25) is 10.8 Å². The largest absolute Gasteiger partial charge is 0.352 e. The van der Waals surface area contributed by atoms with Gasteiger partial charge in [0, 0.05) is 6.42 Å². The van der Waals surface area contributed by atoms with E-state index in [-0.39, 0.29) is 0 Å². The first-order valence-corrected chi connectivity index (χ1v) is 7.44. The van der Waals surface area contributed by atoms with Crippen molar-refractivity contribution in [3.8, 4) is 0 Å². The van der Waals surface area contributed by atoms with Crippen LogP contribution in [0.15, 0.2) is 5.10 Å². The topological polar surface area (TPSA) is 127 Å². The molecule has 3 aromatic heterocycles. The van der Waals surface area contributed by atoms with Crippen LogP contribution in [-0.4, -0.2) is 40.4 Å². The second kappa shape index (κ2) is 4.38. The Morgan fingerprint density at radius 1 is 1.22 bits per heavy atom. The van der Waals surface area contributed by atoms with Gasteiger partial charge >= 0.3 is 0 Å². The minimum atomic E-state index is -1.03. The zero-order chi connectivity index (χ0) is 16.4. The Morgan fingerprint density at radius 2 is 2.00 bits per heavy atom. The van der Waals surface area contributed by atoms with Crippen LogP contribution >= 0.6 is 0 Å². The molecule has 0 saturated carbocycles. The summed E-state index contributed by atoms with van der Waals surface area (Å²) in [7, 11) is 0. The smallest absolute Gasteiger partial charge is 0.199 e. The van der Waals surface area contributed by atoms with Crippen molar-refractivity contribution in [2.45, 2.75) is 39.8 Å². The van der Waals surface area contributed by atoms with Gasteiger partial charge in [0.2, 0.25) is 0 Å². The minimum Gasteiger partial charge on any atom is -0.352 e. The van der Waals surface area contributed by atoms with Gasteiger partial charge in [-0.15, -0.1) is 15.0 Å². The van der Waals surface area contributed by atoms with Crippen LogP contribution < -0.4 is 11.1 Å². The first-order chi connectivity index (χ1) is 10.9. The standard InChI is InChI=1S/C13H18N10/c1-5-9-16-12-13(14,7(3)19-23(12)21-9)17-10-6(2)18-22-11(10)15-8(4)20-22/h17-18H,5,14H2,1-4H3. The van der Waals surface area contributed by atoms with Crippen LogP contribution in [0.25, 0.3) is 5.65 Å². The summed E-state index contributed by atoms with van der Waals surface area (Å²) >= 11 is 0. The number of aryl methyl sites for hydroxylation is 3. The Hall–Kier alpha value is -2.75. The van der Waals surface area contributed by atoms with Crippen molar-refractivity contribution >= 4 is 17.0 Å². The third-order valence-electron chi connectivity index (χ3n) is 4.03. The lowest BCUT2D eigenvalue weighted by Crippen LogP contribution is -2.49. The normalized spacial score (nSPS) is 20.1. The van der Waals surface area contributed by atoms with Gasteiger partial charge in [0.05, 0.1) is 11.4 Å². The van der Waals surface area contributed by atoms with Gasteiger partial charge < -0.3 is 5.32 Å². The Kier molecular flexibility index (Phi) is 2.64. The molecule has 1 aliphatic rings. The molecule has 0 aliphatic carbocycles. The maximum Gasteiger partial charge on any atom is 0.199 e. The molecule has 1 atom stereocenters. The van der Waals surface area contributed by atoms with E-state index in [1.165, 1.54) is 4.79 Å². The first kappa shape index (κ1) is 13.9. The molecular weight excluding hydrogens is 296 g/mol. The van der Waals surface area contributed by atoms with Gasteiger partial charge in [-0.2, -0.15) is 9.73 Å². The predicted octanol–water partition coefficient (Wildman–Crippen LogP) is 0.289. The van der Waals surface area contributed by atoms with Crippen LogP contribution in [0.5, 0.6) is 0 Å². The number of fused-ring (bicyclic) bond motifs is 2. The van der Waals surface area contributed by atoms with E-state index in [1.54, 1.807) is 4.63 Å². The molecule has 3 aromatic rings. The van der Waals surface area contributed by atoms with E-state index in [2.05, 4.69) is 35.7 Å². The van der Waals surface area contributed by atoms with E-state index in [4.69, 9.17) is 5.73 Å². The van der Waals surface area contributed by atoms with Gasteiger partial charge in [0.15, 0.2) is 23.0 Å². The lowest BCUT2D eigenvalue weighted by molar-refractivity contribution is 0.622. The molecule has 10 heteroatoms. The highest BCUT2D eigenvalue weighted by Crippen LogP contribution is 2.30. The minimum absolute atomic E-state index is 0.571. The summed E-state index contributed by atoms with van der Waals surface area (Å²) in [6, 6.07) is 0. The van der Waals surface area contributed by atoms with E-state index < -0.39 is 5.66 Å². The molecule has 120 valence electrons. The van der Waals surface area contributed by atoms with Crippen molar-refractivity contribution < 1.29 is 0 Å². The summed E-state index contributed by atoms with van der Waals surface area (Å²) in [4.78, 5) is 10.4. The highest BCUT2D eigenvalue weighted by atomic mass is 15.6. The predicted molar refractivity (Wildman–Crippen MR) is 84.2 cm³/mol. The van der Waals surface area contributed by atoms with Crippen LogP contribution in [0, 0.1) is 13.8 Å². The van der Waals surface area contributed by atoms with Gasteiger partial charge in [0.25, 0.3) is 0 Å². The third-order valence-corrected chi connectivity index (χ3v) is 4.03. The summed E-state index contributed by atoms with van der Waals surface area (Å²) in [5.41, 5.74) is 8.60. The molecule has 0 fully saturated rings. The van der Waals surface area contributed by atoms with Crippen molar-refractivity contribution in [2.75, 3.05) is 5.32 Å². The van der Waals surface area contributed by atoms with Crippen molar-refractivity contribution in [3.63, 3.8) is 0 Å². The fraction of sp³-hybridized carbons (Fsp3) is 0.462. The highest BCUT2D eigenvalue weighted by molar-refractivity contribution is 5.96. The second-order valence-electron chi connectivity index (χ2n) is 5.72. The summed E-state index contributed by atoms with van der Waals surface area (Å²) in [6.45, 7) is 7.61. The quantitative estimate of drug-likeness (QED) is 0.596. The van der Waals surface area contributed by atoms with Crippen molar-refractivity contribution in [3.05, 3.63) is 23.2 Å². The number of nitrogens with two attached hydrogens (primary N) is 1. The first-order valence-electron chi connectivity index (χ1n) is 7.44. The zero-order valence-electron chi connectivity index (χ0n) is 13.4. The Bertz CT molecular complexity index is 942. The fourth-order valence-corrected chi connectivity index (χ4v) is 2.72. The maximum atomic E-state index is 6.60. The lowest BCUT2D eigenvalue weighted by atomic mass is 10.1. The van der Waals surface area contributed by atoms with E-state index in [1.807, 2.05) is 27.7 Å². The molecule has 0 bridgehead atoms. The van der Waals surface area contributed by atoms with Gasteiger partial charge in [-0.25, -0.2) is 9.97 Å². The average molecular weight is 314 g/mol. The number of aromatic amines is 1. The van der Waals surface area contributed by atoms with Crippen LogP contribution in [0.4, 0.5) is 5.69 Å². The average Bonchev–Trinajstić information content (AvgIpc) is 3.18. The molecule has 0 amide bonds. The van der Waals surface area contributed by atoms with Gasteiger partial charge in [-0.05, 0) is 20.8 Å². The van der Waals surface area contributed by atoms with E-state index >= 15 is 0 Å². The number of hydrogen-bond donors (Lipinski definition) is 3. The molecule has 4 N–H and O–H groups in total. The third kappa shape index (κ3) is 1.81. The molecule has 4 rings (SSSR count). The zero-order valence-corrected chi connectivity index (χ0v) is 13.4. The summed E-state index contributed by atoms with van der Waals surface area (Å²) < 4.78 is 1.62. The maximum absolute atomic E-state index is 6.60. The van der Waals surface area contributed by atoms with Gasteiger partial charge in [-0.1, -0.05) is 6.92 Å². The molecule has 1 unspecified atom stereocenters. The fourth-order valence-electron chi connectivity index (χ4n) is 2.72. The number of aromatic nitrogens is 7. The molecular formula is C13H18N10. The molecule has 0 radical (unpaired) electrons. The van der Waals surface area contributed by atoms with Crippen LogP contribution in [0.1, 0.15) is 37.0 Å². The molecule has 0 saturated heterocycles. The number of H-pyrrole nitrogens is 1. The summed E-state index contributed by atoms with van der Waals surface area (Å²) in [6.07, 6.45) is 0.724. The number of rotatable bonds is 3. The van der Waals surface area contributed by atoms with Crippen molar-refractivity contribution in [1.82, 2.24) is 34.7 Å². The number of nitrogens with one attached hydrogen (secondary N) is 2. The SMILES string of the molecule is CCc1nc2n(n1)N=C(C)C2(N)Nc1c(C)[nH]n2nc(C)nc12. The van der Waals surface area contributed by atoms with Crippen LogP contribution in [0.2, 0.25) is 0 Å². The summed E-state index contributed by atoms with van der Waals surface area (Å²) in [5.74, 6) is 1.96. The molecule has 1 aliphatic heterocycles. The van der Waals surface area contributed by atoms with Crippen LogP contribution in [0.3, 0.4) is 0 Å². The highest BCUT2D eigenvalue weighted by Gasteiger charge is 2.43. The summed E-state index contributed by atoms with van der Waals surface area (Å²) in [5, 5.41) is 19.5. The monoisotopic (exact) mass is 314 g/mol. The van der Waals surface area contributed by atoms with Crippen molar-refractivity contribution in [2.24, 2.45) is 10.8 Å². The van der Waals surface area contributed by atoms with E-state index in [9.17, 15) is 0 Å². The number of anilines is 1. The molecule has 10 nitrogen and oxygen atoms in total. The van der Waals surface area contributed by atoms with Crippen LogP contribution in [-0.2, 0) is 12.1 Å². The Labute approximate surface area is 131 Å². The Balaban J connectivity index is 1.82. The number of nitrogens with zero attached hydrogens (tertiary/aromatic N) is 7. The molecule has 23 heavy (non-hydrogen) atoms. The van der Waals surface area contributed by atoms with Gasteiger partial charge in [0.1, 0.15) is 11.5 Å². The Morgan fingerprint density at radius 3 is 2.74 bits per heavy atom. The van der Waals surface area contributed by atoms with E-state index in [0.29, 0.717) is 28.8 Å². The molecule has 4 heterocycles. The molecule has 0 aromatic carbocycles. The van der Waals surface area contributed by atoms with Crippen molar-refractivity contribution in [1.29, 1.82) is 0 Å². The van der Waals surface area contributed by atoms with E-state index in [0.717, 1.165) is 17.8 Å².